The number of methoxy groups -OCH3 is 2. The topological polar surface area (TPSA) is 99.5 Å². The van der Waals surface area contributed by atoms with Gasteiger partial charge in [0.15, 0.2) is 5.69 Å². The van der Waals surface area contributed by atoms with E-state index in [0.717, 1.165) is 25.7 Å². The van der Waals surface area contributed by atoms with Gasteiger partial charge >= 0.3 is 5.97 Å². The Hall–Kier alpha value is -2.10. The maximum atomic E-state index is 13.3. The molecular formula is C19H24ClN3O5S. The zero-order valence-corrected chi connectivity index (χ0v) is 18.1. The number of carbonyl (C=O) groups is 1. The monoisotopic (exact) mass is 441 g/mol. The van der Waals surface area contributed by atoms with Crippen LogP contribution in [0.1, 0.15) is 47.8 Å². The Morgan fingerprint density at radius 3 is 2.34 bits per heavy atom. The van der Waals surface area contributed by atoms with E-state index in [-0.39, 0.29) is 22.6 Å². The van der Waals surface area contributed by atoms with E-state index in [1.165, 1.54) is 18.8 Å². The number of aryl methyl sites for hydroxylation is 1. The van der Waals surface area contributed by atoms with Crippen LogP contribution >= 0.6 is 11.6 Å². The average Bonchev–Trinajstić information content (AvgIpc) is 3.07. The van der Waals surface area contributed by atoms with Crippen molar-refractivity contribution < 1.29 is 22.7 Å². The Balaban J connectivity index is 2.04. The highest BCUT2D eigenvalue weighted by Crippen LogP contribution is 2.38. The van der Waals surface area contributed by atoms with Gasteiger partial charge in [0.2, 0.25) is 0 Å². The molecule has 1 aliphatic carbocycles. The van der Waals surface area contributed by atoms with Crippen molar-refractivity contribution in [1.82, 2.24) is 9.78 Å². The highest BCUT2D eigenvalue weighted by molar-refractivity contribution is 7.92. The molecule has 10 heteroatoms. The number of anilines is 1. The molecule has 0 amide bonds. The number of carbonyl (C=O) groups excluding carboxylic acids is 1. The van der Waals surface area contributed by atoms with E-state index in [1.54, 1.807) is 31.4 Å². The van der Waals surface area contributed by atoms with Gasteiger partial charge in [-0.1, -0.05) is 11.6 Å². The highest BCUT2D eigenvalue weighted by atomic mass is 35.5. The summed E-state index contributed by atoms with van der Waals surface area (Å²) in [6.07, 6.45) is 3.20. The third-order valence-electron chi connectivity index (χ3n) is 5.17. The summed E-state index contributed by atoms with van der Waals surface area (Å²) >= 11 is 5.88. The third kappa shape index (κ3) is 4.57. The Morgan fingerprint density at radius 1 is 1.17 bits per heavy atom. The van der Waals surface area contributed by atoms with Crippen molar-refractivity contribution in [2.45, 2.75) is 42.6 Å². The van der Waals surface area contributed by atoms with Gasteiger partial charge in [-0.25, -0.2) is 13.2 Å². The van der Waals surface area contributed by atoms with Crippen molar-refractivity contribution in [2.75, 3.05) is 18.9 Å². The van der Waals surface area contributed by atoms with Gasteiger partial charge in [-0.15, -0.1) is 0 Å². The number of nitrogens with one attached hydrogen (secondary N) is 1. The molecule has 158 valence electrons. The van der Waals surface area contributed by atoms with Gasteiger partial charge in [-0.3, -0.25) is 9.40 Å². The minimum Gasteiger partial charge on any atom is -0.464 e. The van der Waals surface area contributed by atoms with Crippen molar-refractivity contribution in [3.63, 3.8) is 0 Å². The van der Waals surface area contributed by atoms with Crippen molar-refractivity contribution >= 4 is 33.3 Å². The van der Waals surface area contributed by atoms with Gasteiger partial charge in [0, 0.05) is 30.8 Å². The number of nitrogens with zero attached hydrogens (tertiary/aromatic N) is 2. The van der Waals surface area contributed by atoms with Crippen LogP contribution in [-0.4, -0.2) is 44.5 Å². The molecule has 1 aromatic heterocycles. The van der Waals surface area contributed by atoms with Crippen LogP contribution in [0.3, 0.4) is 0 Å². The van der Waals surface area contributed by atoms with Crippen molar-refractivity contribution in [2.24, 2.45) is 7.05 Å². The average molecular weight is 442 g/mol. The van der Waals surface area contributed by atoms with Crippen LogP contribution in [0, 0.1) is 0 Å². The first-order chi connectivity index (χ1) is 13.8. The predicted octanol–water partition coefficient (Wildman–Crippen LogP) is 3.33. The first-order valence-electron chi connectivity index (χ1n) is 9.23. The maximum absolute atomic E-state index is 13.3. The molecule has 0 saturated heterocycles. The van der Waals surface area contributed by atoms with E-state index >= 15 is 0 Å². The molecule has 8 nitrogen and oxygen atoms in total. The molecule has 2 aromatic rings. The SMILES string of the molecule is COC(=O)c1c(S(=O)(=O)Nc2ccc(Cl)cc2)c(C2CCC(OC)CC2)nn1C. The Labute approximate surface area is 175 Å². The van der Waals surface area contributed by atoms with E-state index in [9.17, 15) is 13.2 Å². The molecule has 0 aliphatic heterocycles. The first kappa shape index (κ1) is 21.6. The fraction of sp³-hybridized carbons (Fsp3) is 0.474. The molecular weight excluding hydrogens is 418 g/mol. The smallest absolute Gasteiger partial charge is 0.357 e. The third-order valence-corrected chi connectivity index (χ3v) is 6.86. The Kier molecular flexibility index (Phi) is 6.50. The Bertz CT molecular complexity index is 980. The summed E-state index contributed by atoms with van der Waals surface area (Å²) in [7, 11) is 0.325. The van der Waals surface area contributed by atoms with Crippen LogP contribution in [0.25, 0.3) is 0 Å². The number of halogens is 1. The fourth-order valence-electron chi connectivity index (χ4n) is 3.67. The molecule has 1 fully saturated rings. The molecule has 1 heterocycles. The molecule has 29 heavy (non-hydrogen) atoms. The Morgan fingerprint density at radius 2 is 1.79 bits per heavy atom. The second-order valence-electron chi connectivity index (χ2n) is 7.00. The minimum absolute atomic E-state index is 0.0946. The van der Waals surface area contributed by atoms with Crippen LogP contribution in [0.5, 0.6) is 0 Å². The second kappa shape index (κ2) is 8.73. The molecule has 1 N–H and O–H groups in total. The number of rotatable bonds is 6. The summed E-state index contributed by atoms with van der Waals surface area (Å²) < 4.78 is 40.6. The number of esters is 1. The molecule has 0 radical (unpaired) electrons. The number of sulfonamides is 1. The van der Waals surface area contributed by atoms with Crippen LogP contribution in [0.15, 0.2) is 29.2 Å². The second-order valence-corrected chi connectivity index (χ2v) is 9.06. The lowest BCUT2D eigenvalue weighted by Crippen LogP contribution is -2.23. The molecule has 0 spiro atoms. The van der Waals surface area contributed by atoms with Gasteiger partial charge < -0.3 is 9.47 Å². The zero-order chi connectivity index (χ0) is 21.2. The van der Waals surface area contributed by atoms with Crippen LogP contribution in [0.2, 0.25) is 5.02 Å². The van der Waals surface area contributed by atoms with E-state index < -0.39 is 16.0 Å². The number of benzene rings is 1. The van der Waals surface area contributed by atoms with Gasteiger partial charge in [0.1, 0.15) is 4.90 Å². The molecule has 0 atom stereocenters. The van der Waals surface area contributed by atoms with Gasteiger partial charge in [-0.2, -0.15) is 5.10 Å². The number of ether oxygens (including phenoxy) is 2. The summed E-state index contributed by atoms with van der Waals surface area (Å²) in [6.45, 7) is 0. The lowest BCUT2D eigenvalue weighted by Gasteiger charge is -2.27. The quantitative estimate of drug-likeness (QED) is 0.690. The van der Waals surface area contributed by atoms with Gasteiger partial charge in [0.25, 0.3) is 10.0 Å². The van der Waals surface area contributed by atoms with E-state index in [4.69, 9.17) is 21.1 Å². The van der Waals surface area contributed by atoms with Crippen LogP contribution in [-0.2, 0) is 26.5 Å². The summed E-state index contributed by atoms with van der Waals surface area (Å²) in [5, 5.41) is 4.90. The lowest BCUT2D eigenvalue weighted by atomic mass is 9.85. The predicted molar refractivity (Wildman–Crippen MR) is 109 cm³/mol. The molecule has 1 aliphatic rings. The standard InChI is InChI=1S/C19H24ClN3O5S/c1-23-17(19(24)28-3)18(16(21-23)12-4-10-15(27-2)11-5-12)29(25,26)22-14-8-6-13(20)7-9-14/h6-9,12,15,22H,4-5,10-11H2,1-3H3. The number of aromatic nitrogens is 2. The summed E-state index contributed by atoms with van der Waals surface area (Å²) in [6, 6.07) is 6.27. The zero-order valence-electron chi connectivity index (χ0n) is 16.5. The van der Waals surface area contributed by atoms with Crippen molar-refractivity contribution in [3.8, 4) is 0 Å². The first-order valence-corrected chi connectivity index (χ1v) is 11.1. The van der Waals surface area contributed by atoms with Crippen LogP contribution < -0.4 is 4.72 Å². The fourth-order valence-corrected chi connectivity index (χ4v) is 5.30. The highest BCUT2D eigenvalue weighted by Gasteiger charge is 2.36. The number of hydrogen-bond donors (Lipinski definition) is 1. The lowest BCUT2D eigenvalue weighted by molar-refractivity contribution is 0.0583. The summed E-state index contributed by atoms with van der Waals surface area (Å²) in [5.74, 6) is -0.851. The van der Waals surface area contributed by atoms with Crippen molar-refractivity contribution in [3.05, 3.63) is 40.7 Å². The van der Waals surface area contributed by atoms with E-state index in [0.29, 0.717) is 16.4 Å². The maximum Gasteiger partial charge on any atom is 0.357 e. The molecule has 3 rings (SSSR count). The molecule has 0 bridgehead atoms. The summed E-state index contributed by atoms with van der Waals surface area (Å²) in [4.78, 5) is 12.2. The largest absolute Gasteiger partial charge is 0.464 e. The number of hydrogen-bond acceptors (Lipinski definition) is 6. The van der Waals surface area contributed by atoms with Gasteiger partial charge in [0.05, 0.1) is 18.9 Å². The molecule has 0 unspecified atom stereocenters. The normalized spacial score (nSPS) is 19.7. The summed E-state index contributed by atoms with van der Waals surface area (Å²) in [5.41, 5.74) is 0.616. The van der Waals surface area contributed by atoms with Gasteiger partial charge in [-0.05, 0) is 49.9 Å². The minimum atomic E-state index is -4.10. The van der Waals surface area contributed by atoms with E-state index in [2.05, 4.69) is 9.82 Å². The van der Waals surface area contributed by atoms with Crippen LogP contribution in [0.4, 0.5) is 5.69 Å². The molecule has 1 aromatic carbocycles. The molecule has 1 saturated carbocycles. The van der Waals surface area contributed by atoms with Crippen molar-refractivity contribution in [1.29, 1.82) is 0 Å². The van der Waals surface area contributed by atoms with E-state index in [1.807, 2.05) is 0 Å².